The number of rotatable bonds is 5. The molecule has 0 unspecified atom stereocenters. The summed E-state index contributed by atoms with van der Waals surface area (Å²) in [4.78, 5) is 40.7. The Morgan fingerprint density at radius 1 is 1.16 bits per heavy atom. The SMILES string of the molecule is C[C@@H](CC1CCN(C(=O)OC(C)(C)C)CC1)C(=O)N1C(=O)OC[C@@H]1Cc1ccccc1. The van der Waals surface area contributed by atoms with Crippen LogP contribution in [0.2, 0.25) is 0 Å². The predicted molar refractivity (Wildman–Crippen MR) is 116 cm³/mol. The maximum Gasteiger partial charge on any atom is 0.416 e. The van der Waals surface area contributed by atoms with Gasteiger partial charge in [-0.15, -0.1) is 0 Å². The average Bonchev–Trinajstić information content (AvgIpc) is 3.07. The average molecular weight is 431 g/mol. The Morgan fingerprint density at radius 2 is 1.81 bits per heavy atom. The van der Waals surface area contributed by atoms with Crippen LogP contribution < -0.4 is 0 Å². The second kappa shape index (κ2) is 9.71. The Balaban J connectivity index is 1.52. The summed E-state index contributed by atoms with van der Waals surface area (Å²) in [5, 5.41) is 0. The van der Waals surface area contributed by atoms with Crippen molar-refractivity contribution in [3.8, 4) is 0 Å². The summed E-state index contributed by atoms with van der Waals surface area (Å²) in [6.45, 7) is 8.96. The Kier molecular flexibility index (Phi) is 7.23. The second-order valence-corrected chi connectivity index (χ2v) is 9.68. The van der Waals surface area contributed by atoms with Crippen LogP contribution in [0.3, 0.4) is 0 Å². The standard InChI is InChI=1S/C24H34N2O5/c1-17(14-19-10-12-25(13-11-19)22(28)31-24(2,3)4)21(27)26-20(16-30-23(26)29)15-18-8-6-5-7-9-18/h5-9,17,19-20H,10-16H2,1-4H3/t17-,20-/m0/s1. The normalized spacial score (nSPS) is 21.0. The molecule has 7 nitrogen and oxygen atoms in total. The van der Waals surface area contributed by atoms with E-state index in [9.17, 15) is 14.4 Å². The Labute approximate surface area is 184 Å². The first-order valence-corrected chi connectivity index (χ1v) is 11.2. The quantitative estimate of drug-likeness (QED) is 0.698. The highest BCUT2D eigenvalue weighted by atomic mass is 16.6. The summed E-state index contributed by atoms with van der Waals surface area (Å²) in [5.41, 5.74) is 0.570. The van der Waals surface area contributed by atoms with Crippen molar-refractivity contribution in [2.75, 3.05) is 19.7 Å². The summed E-state index contributed by atoms with van der Waals surface area (Å²) >= 11 is 0. The number of hydrogen-bond donors (Lipinski definition) is 0. The lowest BCUT2D eigenvalue weighted by molar-refractivity contribution is -0.133. The molecule has 2 aliphatic rings. The number of cyclic esters (lactones) is 1. The Bertz CT molecular complexity index is 781. The molecule has 0 saturated carbocycles. The predicted octanol–water partition coefficient (Wildman–Crippen LogP) is 4.25. The molecule has 1 aromatic carbocycles. The van der Waals surface area contributed by atoms with E-state index < -0.39 is 11.7 Å². The van der Waals surface area contributed by atoms with Gasteiger partial charge in [-0.1, -0.05) is 37.3 Å². The van der Waals surface area contributed by atoms with Crippen molar-refractivity contribution >= 4 is 18.1 Å². The summed E-state index contributed by atoms with van der Waals surface area (Å²) in [6, 6.07) is 9.56. The largest absolute Gasteiger partial charge is 0.447 e. The van der Waals surface area contributed by atoms with E-state index in [1.54, 1.807) is 4.90 Å². The van der Waals surface area contributed by atoms with Gasteiger partial charge in [0.05, 0.1) is 6.04 Å². The van der Waals surface area contributed by atoms with Gasteiger partial charge in [0.1, 0.15) is 12.2 Å². The molecule has 2 atom stereocenters. The summed E-state index contributed by atoms with van der Waals surface area (Å²) < 4.78 is 10.6. The number of imide groups is 1. The third kappa shape index (κ3) is 6.21. The van der Waals surface area contributed by atoms with Crippen LogP contribution in [-0.4, -0.2) is 59.2 Å². The van der Waals surface area contributed by atoms with Gasteiger partial charge >= 0.3 is 12.2 Å². The number of carbonyl (C=O) groups excluding carboxylic acids is 3. The fourth-order valence-electron chi connectivity index (χ4n) is 4.28. The zero-order chi connectivity index (χ0) is 22.6. The van der Waals surface area contributed by atoms with Crippen LogP contribution in [0.1, 0.15) is 52.5 Å². The topological polar surface area (TPSA) is 76.2 Å². The number of carbonyl (C=O) groups is 3. The van der Waals surface area contributed by atoms with E-state index >= 15 is 0 Å². The molecule has 0 aliphatic carbocycles. The molecule has 2 heterocycles. The van der Waals surface area contributed by atoms with Crippen LogP contribution in [0.5, 0.6) is 0 Å². The fourth-order valence-corrected chi connectivity index (χ4v) is 4.28. The zero-order valence-corrected chi connectivity index (χ0v) is 19.0. The summed E-state index contributed by atoms with van der Waals surface area (Å²) in [7, 11) is 0. The van der Waals surface area contributed by atoms with Gasteiger partial charge in [0.2, 0.25) is 5.91 Å². The van der Waals surface area contributed by atoms with Crippen molar-refractivity contribution in [2.45, 2.75) is 65.0 Å². The molecular formula is C24H34N2O5. The zero-order valence-electron chi connectivity index (χ0n) is 19.0. The monoisotopic (exact) mass is 430 g/mol. The molecule has 0 aromatic heterocycles. The van der Waals surface area contributed by atoms with Gasteiger partial charge in [0, 0.05) is 19.0 Å². The highest BCUT2D eigenvalue weighted by Gasteiger charge is 2.40. The number of ether oxygens (including phenoxy) is 2. The third-order valence-electron chi connectivity index (χ3n) is 5.89. The molecule has 31 heavy (non-hydrogen) atoms. The number of hydrogen-bond acceptors (Lipinski definition) is 5. The van der Waals surface area contributed by atoms with Crippen molar-refractivity contribution in [1.82, 2.24) is 9.80 Å². The maximum atomic E-state index is 13.1. The molecule has 2 aliphatic heterocycles. The van der Waals surface area contributed by atoms with Gasteiger partial charge in [-0.2, -0.15) is 0 Å². The highest BCUT2D eigenvalue weighted by Crippen LogP contribution is 2.28. The van der Waals surface area contributed by atoms with E-state index in [2.05, 4.69) is 0 Å². The summed E-state index contributed by atoms with van der Waals surface area (Å²) in [5.74, 6) is -0.108. The van der Waals surface area contributed by atoms with Gasteiger partial charge in [-0.05, 0) is 57.9 Å². The van der Waals surface area contributed by atoms with E-state index in [-0.39, 0.29) is 30.6 Å². The molecule has 3 rings (SSSR count). The van der Waals surface area contributed by atoms with Gasteiger partial charge in [-0.3, -0.25) is 4.79 Å². The van der Waals surface area contributed by atoms with Crippen molar-refractivity contribution in [3.05, 3.63) is 35.9 Å². The lowest BCUT2D eigenvalue weighted by atomic mass is 9.87. The first-order valence-electron chi connectivity index (χ1n) is 11.2. The van der Waals surface area contributed by atoms with Crippen molar-refractivity contribution < 1.29 is 23.9 Å². The van der Waals surface area contributed by atoms with Crippen LogP contribution in [0.25, 0.3) is 0 Å². The summed E-state index contributed by atoms with van der Waals surface area (Å²) in [6.07, 6.45) is 2.13. The van der Waals surface area contributed by atoms with E-state index in [4.69, 9.17) is 9.47 Å². The van der Waals surface area contributed by atoms with Crippen LogP contribution in [-0.2, 0) is 20.7 Å². The highest BCUT2D eigenvalue weighted by molar-refractivity contribution is 5.94. The number of benzene rings is 1. The second-order valence-electron chi connectivity index (χ2n) is 9.68. The molecule has 1 aromatic rings. The third-order valence-corrected chi connectivity index (χ3v) is 5.89. The minimum Gasteiger partial charge on any atom is -0.447 e. The minimum absolute atomic E-state index is 0.169. The molecular weight excluding hydrogens is 396 g/mol. The first-order chi connectivity index (χ1) is 14.6. The lowest BCUT2D eigenvalue weighted by Gasteiger charge is -2.34. The van der Waals surface area contributed by atoms with E-state index in [0.29, 0.717) is 31.8 Å². The number of nitrogens with zero attached hydrogens (tertiary/aromatic N) is 2. The van der Waals surface area contributed by atoms with Gasteiger partial charge in [0.25, 0.3) is 0 Å². The molecule has 7 heteroatoms. The van der Waals surface area contributed by atoms with Gasteiger partial charge < -0.3 is 14.4 Å². The van der Waals surface area contributed by atoms with Crippen molar-refractivity contribution in [3.63, 3.8) is 0 Å². The fraction of sp³-hybridized carbons (Fsp3) is 0.625. The molecule has 2 fully saturated rings. The molecule has 3 amide bonds. The number of likely N-dealkylation sites (tertiary alicyclic amines) is 1. The van der Waals surface area contributed by atoms with Crippen LogP contribution in [0.15, 0.2) is 30.3 Å². The maximum absolute atomic E-state index is 13.1. The molecule has 170 valence electrons. The smallest absolute Gasteiger partial charge is 0.416 e. The Hall–Kier alpha value is -2.57. The van der Waals surface area contributed by atoms with E-state index in [0.717, 1.165) is 18.4 Å². The number of amides is 3. The van der Waals surface area contributed by atoms with E-state index in [1.807, 2.05) is 58.0 Å². The molecule has 0 N–H and O–H groups in total. The molecule has 0 radical (unpaired) electrons. The number of piperidine rings is 1. The van der Waals surface area contributed by atoms with Crippen molar-refractivity contribution in [1.29, 1.82) is 0 Å². The molecule has 2 saturated heterocycles. The lowest BCUT2D eigenvalue weighted by Crippen LogP contribution is -2.44. The van der Waals surface area contributed by atoms with Crippen LogP contribution in [0, 0.1) is 11.8 Å². The van der Waals surface area contributed by atoms with Gasteiger partial charge in [-0.25, -0.2) is 14.5 Å². The van der Waals surface area contributed by atoms with Crippen LogP contribution >= 0.6 is 0 Å². The van der Waals surface area contributed by atoms with Crippen LogP contribution in [0.4, 0.5) is 9.59 Å². The minimum atomic E-state index is -0.544. The van der Waals surface area contributed by atoms with Crippen molar-refractivity contribution in [2.24, 2.45) is 11.8 Å². The Morgan fingerprint density at radius 3 is 2.42 bits per heavy atom. The molecule has 0 spiro atoms. The van der Waals surface area contributed by atoms with Gasteiger partial charge in [0.15, 0.2) is 0 Å². The molecule has 0 bridgehead atoms. The van der Waals surface area contributed by atoms with E-state index in [1.165, 1.54) is 4.90 Å². The first kappa shape index (κ1) is 23.1.